The van der Waals surface area contributed by atoms with E-state index in [1.165, 1.54) is 7.11 Å². The molecule has 0 unspecified atom stereocenters. The van der Waals surface area contributed by atoms with Crippen molar-refractivity contribution in [3.63, 3.8) is 0 Å². The number of aromatic amines is 1. The molecule has 0 saturated carbocycles. The molecule has 18 heavy (non-hydrogen) atoms. The van der Waals surface area contributed by atoms with Crippen molar-refractivity contribution in [3.05, 3.63) is 46.4 Å². The summed E-state index contributed by atoms with van der Waals surface area (Å²) in [5, 5.41) is 0. The minimum absolute atomic E-state index is 0.173. The number of nitrogens with one attached hydrogen (secondary N) is 1. The lowest BCUT2D eigenvalue weighted by Gasteiger charge is -2.07. The predicted molar refractivity (Wildman–Crippen MR) is 65.4 cm³/mol. The quantitative estimate of drug-likeness (QED) is 0.824. The average Bonchev–Trinajstić information content (AvgIpc) is 2.38. The Hall–Kier alpha value is -2.63. The Kier molecular flexibility index (Phi) is 3.09. The summed E-state index contributed by atoms with van der Waals surface area (Å²) >= 11 is 0. The fourth-order valence-corrected chi connectivity index (χ4v) is 1.55. The van der Waals surface area contributed by atoms with Crippen molar-refractivity contribution in [1.29, 1.82) is 0 Å². The van der Waals surface area contributed by atoms with Crippen molar-refractivity contribution in [2.45, 2.75) is 0 Å². The van der Waals surface area contributed by atoms with Gasteiger partial charge in [0.1, 0.15) is 17.1 Å². The van der Waals surface area contributed by atoms with E-state index < -0.39 is 11.5 Å². The number of aromatic nitrogens is 2. The summed E-state index contributed by atoms with van der Waals surface area (Å²) < 4.78 is 5.16. The molecule has 0 bridgehead atoms. The highest BCUT2D eigenvalue weighted by atomic mass is 16.5. The van der Waals surface area contributed by atoms with Crippen molar-refractivity contribution in [1.82, 2.24) is 9.97 Å². The average molecular weight is 245 g/mol. The van der Waals surface area contributed by atoms with E-state index >= 15 is 0 Å². The first kappa shape index (κ1) is 11.8. The van der Waals surface area contributed by atoms with Gasteiger partial charge < -0.3 is 15.5 Å². The Morgan fingerprint density at radius 2 is 2.11 bits per heavy atom. The topological polar surface area (TPSA) is 98.1 Å². The molecule has 0 aliphatic carbocycles. The van der Waals surface area contributed by atoms with Crippen molar-refractivity contribution < 1.29 is 9.53 Å². The van der Waals surface area contributed by atoms with Gasteiger partial charge in [0.2, 0.25) is 0 Å². The highest BCUT2D eigenvalue weighted by Crippen LogP contribution is 2.25. The van der Waals surface area contributed by atoms with Crippen LogP contribution in [0.3, 0.4) is 0 Å². The maximum absolute atomic E-state index is 11.6. The molecule has 1 amide bonds. The molecule has 1 heterocycles. The highest BCUT2D eigenvalue weighted by molar-refractivity contribution is 5.92. The SMILES string of the molecule is COc1ccccc1-c1ncc(C(N)=O)c(=O)[nH]1. The lowest BCUT2D eigenvalue weighted by Crippen LogP contribution is -2.24. The molecular formula is C12H11N3O3. The van der Waals surface area contributed by atoms with Crippen LogP contribution in [0, 0.1) is 0 Å². The molecule has 2 rings (SSSR count). The lowest BCUT2D eigenvalue weighted by atomic mass is 10.2. The van der Waals surface area contributed by atoms with Crippen LogP contribution >= 0.6 is 0 Å². The van der Waals surface area contributed by atoms with Crippen molar-refractivity contribution in [2.24, 2.45) is 5.73 Å². The smallest absolute Gasteiger partial charge is 0.264 e. The van der Waals surface area contributed by atoms with E-state index in [-0.39, 0.29) is 5.56 Å². The standard InChI is InChI=1S/C12H11N3O3/c1-18-9-5-3-2-4-7(9)11-14-6-8(10(13)16)12(17)15-11/h2-6H,1H3,(H2,13,16)(H,14,15,17). The van der Waals surface area contributed by atoms with Crippen LogP contribution in [0.25, 0.3) is 11.4 Å². The second-order valence-corrected chi connectivity index (χ2v) is 3.54. The van der Waals surface area contributed by atoms with Gasteiger partial charge >= 0.3 is 0 Å². The summed E-state index contributed by atoms with van der Waals surface area (Å²) in [5.41, 5.74) is 4.92. The number of para-hydroxylation sites is 1. The van der Waals surface area contributed by atoms with Crippen LogP contribution in [-0.4, -0.2) is 23.0 Å². The lowest BCUT2D eigenvalue weighted by molar-refractivity contribution is 0.0998. The molecule has 6 nitrogen and oxygen atoms in total. The summed E-state index contributed by atoms with van der Waals surface area (Å²) in [6, 6.07) is 7.09. The number of benzene rings is 1. The number of ether oxygens (including phenoxy) is 1. The first-order valence-electron chi connectivity index (χ1n) is 5.16. The maximum Gasteiger partial charge on any atom is 0.264 e. The van der Waals surface area contributed by atoms with Gasteiger partial charge in [0.05, 0.1) is 12.7 Å². The van der Waals surface area contributed by atoms with Crippen LogP contribution in [0.4, 0.5) is 0 Å². The number of carbonyl (C=O) groups is 1. The second kappa shape index (κ2) is 4.70. The van der Waals surface area contributed by atoms with E-state index in [2.05, 4.69) is 9.97 Å². The van der Waals surface area contributed by atoms with Crippen molar-refractivity contribution in [3.8, 4) is 17.1 Å². The van der Waals surface area contributed by atoms with E-state index in [1.807, 2.05) is 0 Å². The number of nitrogens with zero attached hydrogens (tertiary/aromatic N) is 1. The number of nitrogens with two attached hydrogens (primary N) is 1. The number of hydrogen-bond donors (Lipinski definition) is 2. The molecule has 1 aromatic heterocycles. The summed E-state index contributed by atoms with van der Waals surface area (Å²) in [4.78, 5) is 29.1. The van der Waals surface area contributed by atoms with Gasteiger partial charge in [0, 0.05) is 6.20 Å². The number of methoxy groups -OCH3 is 1. The van der Waals surface area contributed by atoms with Gasteiger partial charge in [-0.15, -0.1) is 0 Å². The Labute approximate surface area is 102 Å². The molecular weight excluding hydrogens is 234 g/mol. The normalized spacial score (nSPS) is 10.1. The predicted octanol–water partition coefficient (Wildman–Crippen LogP) is 0.544. The molecule has 0 fully saturated rings. The molecule has 0 aliphatic heterocycles. The zero-order valence-corrected chi connectivity index (χ0v) is 9.64. The van der Waals surface area contributed by atoms with Gasteiger partial charge in [-0.3, -0.25) is 9.59 Å². The zero-order chi connectivity index (χ0) is 13.1. The van der Waals surface area contributed by atoms with Crippen molar-refractivity contribution >= 4 is 5.91 Å². The van der Waals surface area contributed by atoms with Crippen LogP contribution in [0.5, 0.6) is 5.75 Å². The van der Waals surface area contributed by atoms with Gasteiger partial charge in [-0.25, -0.2) is 4.98 Å². The van der Waals surface area contributed by atoms with Crippen molar-refractivity contribution in [2.75, 3.05) is 7.11 Å². The summed E-state index contributed by atoms with van der Waals surface area (Å²) in [6.45, 7) is 0. The van der Waals surface area contributed by atoms with E-state index in [4.69, 9.17) is 10.5 Å². The molecule has 0 saturated heterocycles. The second-order valence-electron chi connectivity index (χ2n) is 3.54. The van der Waals surface area contributed by atoms with Gasteiger partial charge in [-0.05, 0) is 12.1 Å². The van der Waals surface area contributed by atoms with Gasteiger partial charge in [-0.1, -0.05) is 12.1 Å². The van der Waals surface area contributed by atoms with Crippen LogP contribution < -0.4 is 16.0 Å². The minimum Gasteiger partial charge on any atom is -0.496 e. The Balaban J connectivity index is 2.56. The van der Waals surface area contributed by atoms with Gasteiger partial charge in [0.15, 0.2) is 0 Å². The van der Waals surface area contributed by atoms with Crippen LogP contribution in [0.2, 0.25) is 0 Å². The van der Waals surface area contributed by atoms with E-state index in [1.54, 1.807) is 24.3 Å². The van der Waals surface area contributed by atoms with Crippen LogP contribution in [0.15, 0.2) is 35.3 Å². The number of primary amides is 1. The molecule has 0 spiro atoms. The number of hydrogen-bond acceptors (Lipinski definition) is 4. The van der Waals surface area contributed by atoms with Gasteiger partial charge in [-0.2, -0.15) is 0 Å². The maximum atomic E-state index is 11.6. The number of H-pyrrole nitrogens is 1. The molecule has 1 aromatic carbocycles. The molecule has 92 valence electrons. The van der Waals surface area contributed by atoms with E-state index in [9.17, 15) is 9.59 Å². The monoisotopic (exact) mass is 245 g/mol. The summed E-state index contributed by atoms with van der Waals surface area (Å²) in [5.74, 6) is 0.0882. The van der Waals surface area contributed by atoms with Gasteiger partial charge in [0.25, 0.3) is 11.5 Å². The largest absolute Gasteiger partial charge is 0.496 e. The fraction of sp³-hybridized carbons (Fsp3) is 0.0833. The van der Waals surface area contributed by atoms with Crippen LogP contribution in [-0.2, 0) is 0 Å². The third-order valence-corrected chi connectivity index (χ3v) is 2.43. The summed E-state index contributed by atoms with van der Waals surface area (Å²) in [6.07, 6.45) is 1.16. The number of amides is 1. The molecule has 0 aliphatic rings. The first-order chi connectivity index (χ1) is 8.63. The molecule has 0 atom stereocenters. The highest BCUT2D eigenvalue weighted by Gasteiger charge is 2.11. The minimum atomic E-state index is -0.810. The molecule has 3 N–H and O–H groups in total. The fourth-order valence-electron chi connectivity index (χ4n) is 1.55. The Bertz CT molecular complexity index is 649. The number of rotatable bonds is 3. The first-order valence-corrected chi connectivity index (χ1v) is 5.16. The van der Waals surface area contributed by atoms with E-state index in [0.29, 0.717) is 17.1 Å². The molecule has 2 aromatic rings. The third-order valence-electron chi connectivity index (χ3n) is 2.43. The van der Waals surface area contributed by atoms with Crippen LogP contribution in [0.1, 0.15) is 10.4 Å². The van der Waals surface area contributed by atoms with E-state index in [0.717, 1.165) is 6.20 Å². The Morgan fingerprint density at radius 1 is 1.39 bits per heavy atom. The molecule has 6 heteroatoms. The number of carbonyl (C=O) groups excluding carboxylic acids is 1. The zero-order valence-electron chi connectivity index (χ0n) is 9.64. The molecule has 0 radical (unpaired) electrons. The third kappa shape index (κ3) is 2.08. The summed E-state index contributed by atoms with van der Waals surface area (Å²) in [7, 11) is 1.52. The Morgan fingerprint density at radius 3 is 2.72 bits per heavy atom.